The largest absolute Gasteiger partial charge is 0.348 e. The van der Waals surface area contributed by atoms with Crippen LogP contribution in [0.5, 0.6) is 0 Å². The molecule has 1 fully saturated rings. The Hall–Kier alpha value is -2.42. The van der Waals surface area contributed by atoms with Crippen LogP contribution in [0.2, 0.25) is 0 Å². The lowest BCUT2D eigenvalue weighted by Crippen LogP contribution is -2.45. The number of aromatic nitrogens is 2. The number of likely N-dealkylation sites (N-methyl/N-ethyl adjacent to an activating group) is 1. The Bertz CT molecular complexity index is 752. The van der Waals surface area contributed by atoms with Crippen LogP contribution in [0.15, 0.2) is 15.8 Å². The van der Waals surface area contributed by atoms with Gasteiger partial charge in [-0.25, -0.2) is 4.79 Å². The molecule has 0 aliphatic carbocycles. The molecule has 2 rings (SSSR count). The SMILES string of the molecule is CCCN1C[C@H](NC(=O)c2c[nH]c(=O)[nH]c2=O)C[C@H]1C(=O)N(CC)CC. The number of hydrogen-bond donors (Lipinski definition) is 3. The molecule has 1 saturated heterocycles. The van der Waals surface area contributed by atoms with E-state index in [9.17, 15) is 19.2 Å². The third-order valence-electron chi connectivity index (χ3n) is 4.67. The molecular weight excluding hydrogens is 338 g/mol. The van der Waals surface area contributed by atoms with Gasteiger partial charge in [-0.1, -0.05) is 6.92 Å². The topological polar surface area (TPSA) is 118 Å². The zero-order valence-corrected chi connectivity index (χ0v) is 15.5. The summed E-state index contributed by atoms with van der Waals surface area (Å²) >= 11 is 0. The monoisotopic (exact) mass is 365 g/mol. The van der Waals surface area contributed by atoms with Crippen molar-refractivity contribution in [2.24, 2.45) is 0 Å². The van der Waals surface area contributed by atoms with Crippen molar-refractivity contribution in [2.45, 2.75) is 45.7 Å². The van der Waals surface area contributed by atoms with E-state index >= 15 is 0 Å². The molecule has 9 nitrogen and oxygen atoms in total. The highest BCUT2D eigenvalue weighted by Gasteiger charge is 2.38. The molecule has 0 saturated carbocycles. The van der Waals surface area contributed by atoms with Gasteiger partial charge < -0.3 is 15.2 Å². The van der Waals surface area contributed by atoms with Crippen molar-refractivity contribution in [3.8, 4) is 0 Å². The van der Waals surface area contributed by atoms with Crippen molar-refractivity contribution in [3.05, 3.63) is 32.6 Å². The number of nitrogens with zero attached hydrogens (tertiary/aromatic N) is 2. The van der Waals surface area contributed by atoms with Gasteiger partial charge in [0.05, 0.1) is 6.04 Å². The first-order chi connectivity index (χ1) is 12.4. The molecule has 26 heavy (non-hydrogen) atoms. The summed E-state index contributed by atoms with van der Waals surface area (Å²) in [5.74, 6) is -0.484. The minimum absolute atomic E-state index is 0.0714. The highest BCUT2D eigenvalue weighted by atomic mass is 16.2. The molecule has 0 unspecified atom stereocenters. The standard InChI is InChI=1S/C17H27N5O4/c1-4-7-22-10-11(8-13(22)16(25)21(5-2)6-3)19-14(23)12-9-18-17(26)20-15(12)24/h9,11,13H,4-8,10H2,1-3H3,(H,19,23)(H2,18,20,24,26)/t11-,13+/m1/s1. The fourth-order valence-electron chi connectivity index (χ4n) is 3.39. The van der Waals surface area contributed by atoms with Gasteiger partial charge in [0.15, 0.2) is 0 Å². The Morgan fingerprint density at radius 2 is 1.96 bits per heavy atom. The Kier molecular flexibility index (Phi) is 6.73. The van der Waals surface area contributed by atoms with Gasteiger partial charge in [0.2, 0.25) is 5.91 Å². The minimum Gasteiger partial charge on any atom is -0.348 e. The van der Waals surface area contributed by atoms with Crippen molar-refractivity contribution in [1.29, 1.82) is 0 Å². The molecule has 1 aliphatic heterocycles. The number of aromatic amines is 2. The Labute approximate surface area is 151 Å². The first-order valence-corrected chi connectivity index (χ1v) is 9.06. The van der Waals surface area contributed by atoms with Crippen LogP contribution in [0.4, 0.5) is 0 Å². The number of amides is 2. The first kappa shape index (κ1) is 19.9. The lowest BCUT2D eigenvalue weighted by Gasteiger charge is -2.28. The number of carbonyl (C=O) groups excluding carboxylic acids is 2. The van der Waals surface area contributed by atoms with E-state index in [1.54, 1.807) is 4.90 Å². The Balaban J connectivity index is 2.11. The summed E-state index contributed by atoms with van der Waals surface area (Å²) in [6.45, 7) is 8.56. The lowest BCUT2D eigenvalue weighted by molar-refractivity contribution is -0.135. The average Bonchev–Trinajstić information content (AvgIpc) is 2.98. The van der Waals surface area contributed by atoms with Crippen molar-refractivity contribution in [1.82, 2.24) is 25.1 Å². The summed E-state index contributed by atoms with van der Waals surface area (Å²) in [4.78, 5) is 56.1. The van der Waals surface area contributed by atoms with Crippen LogP contribution in [-0.4, -0.2) is 69.8 Å². The fraction of sp³-hybridized carbons (Fsp3) is 0.647. The molecule has 2 heterocycles. The number of rotatable bonds is 7. The van der Waals surface area contributed by atoms with Crippen molar-refractivity contribution in [2.75, 3.05) is 26.2 Å². The predicted molar refractivity (Wildman–Crippen MR) is 97.1 cm³/mol. The van der Waals surface area contributed by atoms with Crippen molar-refractivity contribution in [3.63, 3.8) is 0 Å². The quantitative estimate of drug-likeness (QED) is 0.603. The maximum absolute atomic E-state index is 12.8. The van der Waals surface area contributed by atoms with E-state index in [4.69, 9.17) is 0 Å². The molecule has 1 aromatic rings. The van der Waals surface area contributed by atoms with Crippen molar-refractivity contribution >= 4 is 11.8 Å². The number of carbonyl (C=O) groups is 2. The van der Waals surface area contributed by atoms with Gasteiger partial charge in [-0.15, -0.1) is 0 Å². The highest BCUT2D eigenvalue weighted by Crippen LogP contribution is 2.20. The smallest absolute Gasteiger partial charge is 0.325 e. The second-order valence-corrected chi connectivity index (χ2v) is 6.41. The molecule has 2 atom stereocenters. The number of nitrogens with one attached hydrogen (secondary N) is 3. The zero-order valence-electron chi connectivity index (χ0n) is 15.5. The van der Waals surface area contributed by atoms with Gasteiger partial charge in [-0.3, -0.25) is 24.3 Å². The average molecular weight is 365 g/mol. The van der Waals surface area contributed by atoms with Gasteiger partial charge >= 0.3 is 5.69 Å². The van der Waals surface area contributed by atoms with Crippen LogP contribution in [-0.2, 0) is 4.79 Å². The second-order valence-electron chi connectivity index (χ2n) is 6.41. The van der Waals surface area contributed by atoms with Crippen molar-refractivity contribution < 1.29 is 9.59 Å². The van der Waals surface area contributed by atoms with Crippen LogP contribution in [0, 0.1) is 0 Å². The molecule has 3 N–H and O–H groups in total. The summed E-state index contributed by atoms with van der Waals surface area (Å²) in [5.41, 5.74) is -1.54. The second kappa shape index (κ2) is 8.79. The summed E-state index contributed by atoms with van der Waals surface area (Å²) in [7, 11) is 0. The Morgan fingerprint density at radius 3 is 2.54 bits per heavy atom. The number of likely N-dealkylation sites (tertiary alicyclic amines) is 1. The summed E-state index contributed by atoms with van der Waals surface area (Å²) in [5, 5.41) is 2.81. The zero-order chi connectivity index (χ0) is 19.3. The summed E-state index contributed by atoms with van der Waals surface area (Å²) in [6.07, 6.45) is 2.51. The molecule has 2 amide bonds. The molecule has 144 valence electrons. The molecule has 0 aromatic carbocycles. The number of H-pyrrole nitrogens is 2. The normalized spacial score (nSPS) is 20.1. The van der Waals surface area contributed by atoms with Crippen LogP contribution in [0.1, 0.15) is 44.0 Å². The van der Waals surface area contributed by atoms with Gasteiger partial charge in [0.1, 0.15) is 5.56 Å². The van der Waals surface area contributed by atoms with E-state index in [-0.39, 0.29) is 23.6 Å². The van der Waals surface area contributed by atoms with Gasteiger partial charge in [0.25, 0.3) is 11.5 Å². The van der Waals surface area contributed by atoms with E-state index in [1.165, 1.54) is 0 Å². The van der Waals surface area contributed by atoms with Crippen LogP contribution >= 0.6 is 0 Å². The molecule has 1 aromatic heterocycles. The van der Waals surface area contributed by atoms with Gasteiger partial charge in [0, 0.05) is 31.9 Å². The maximum Gasteiger partial charge on any atom is 0.325 e. The molecule has 0 radical (unpaired) electrons. The van der Waals surface area contributed by atoms with Crippen LogP contribution in [0.3, 0.4) is 0 Å². The van der Waals surface area contributed by atoms with Crippen LogP contribution < -0.4 is 16.6 Å². The van der Waals surface area contributed by atoms with E-state index in [2.05, 4.69) is 15.2 Å². The number of hydrogen-bond acceptors (Lipinski definition) is 5. The molecule has 0 spiro atoms. The Morgan fingerprint density at radius 1 is 1.27 bits per heavy atom. The molecule has 9 heteroatoms. The van der Waals surface area contributed by atoms with Gasteiger partial charge in [-0.05, 0) is 33.2 Å². The molecule has 1 aliphatic rings. The fourth-order valence-corrected chi connectivity index (χ4v) is 3.39. The summed E-state index contributed by atoms with van der Waals surface area (Å²) in [6, 6.07) is -0.501. The third kappa shape index (κ3) is 4.40. The maximum atomic E-state index is 12.8. The summed E-state index contributed by atoms with van der Waals surface area (Å²) < 4.78 is 0. The van der Waals surface area contributed by atoms with E-state index in [0.717, 1.165) is 19.2 Å². The van der Waals surface area contributed by atoms with Crippen LogP contribution in [0.25, 0.3) is 0 Å². The predicted octanol–water partition coefficient (Wildman–Crippen LogP) is -0.486. The highest BCUT2D eigenvalue weighted by molar-refractivity contribution is 5.93. The van der Waals surface area contributed by atoms with E-state index in [1.807, 2.05) is 25.8 Å². The van der Waals surface area contributed by atoms with E-state index in [0.29, 0.717) is 26.1 Å². The van der Waals surface area contributed by atoms with Gasteiger partial charge in [-0.2, -0.15) is 0 Å². The third-order valence-corrected chi connectivity index (χ3v) is 4.67. The first-order valence-electron chi connectivity index (χ1n) is 9.06. The molecule has 0 bridgehead atoms. The van der Waals surface area contributed by atoms with E-state index < -0.39 is 17.2 Å². The molecular formula is C17H27N5O4. The lowest BCUT2D eigenvalue weighted by atomic mass is 10.1. The minimum atomic E-state index is -0.731.